The van der Waals surface area contributed by atoms with Gasteiger partial charge in [-0.15, -0.1) is 0 Å². The average molecular weight is 124 g/mol. The second kappa shape index (κ2) is 0.788. The van der Waals surface area contributed by atoms with Gasteiger partial charge in [0, 0.05) is 0 Å². The molecule has 0 N–H and O–H groups in total. The second-order valence-corrected chi connectivity index (χ2v) is 4.68. The lowest BCUT2D eigenvalue weighted by Crippen LogP contribution is -1.65. The lowest BCUT2D eigenvalue weighted by Gasteiger charge is -1.40. The first-order chi connectivity index (χ1) is 2.63. The topological polar surface area (TPSA) is 51.2 Å². The van der Waals surface area contributed by atoms with Gasteiger partial charge >= 0.3 is 4.45 Å². The Bertz CT molecular complexity index is 175. The molecule has 1 fully saturated rings. The van der Waals surface area contributed by atoms with E-state index >= 15 is 0 Å². The lowest BCUT2D eigenvalue weighted by atomic mass is 11.8. The van der Waals surface area contributed by atoms with E-state index in [1.807, 2.05) is 0 Å². The highest BCUT2D eigenvalue weighted by Crippen LogP contribution is 2.36. The summed E-state index contributed by atoms with van der Waals surface area (Å²) >= 11 is 0. The van der Waals surface area contributed by atoms with Crippen LogP contribution in [0, 0.1) is 0 Å². The molecule has 0 atom stereocenters. The molecule has 0 radical (unpaired) electrons. The molecule has 0 aromatic carbocycles. The molecule has 6 heavy (non-hydrogen) atoms. The van der Waals surface area contributed by atoms with E-state index in [0.29, 0.717) is 10.8 Å². The molecule has 1 aliphatic rings. The van der Waals surface area contributed by atoms with Crippen LogP contribution in [0.5, 0.6) is 0 Å². The van der Waals surface area contributed by atoms with Crippen molar-refractivity contribution < 1.29 is 13.2 Å². The smallest absolute Gasteiger partial charge is 0.267 e. The molecular weight excluding hydrogens is 124 g/mol. The predicted molar refractivity (Wildman–Crippen MR) is 21.9 cm³/mol. The molecule has 0 spiro atoms. The fraction of sp³-hybridized carbons (Fsp3) is 0. The molecule has 34 valence electrons. The van der Waals surface area contributed by atoms with E-state index in [0.717, 1.165) is 0 Å². The zero-order chi connectivity index (χ0) is 4.78. The number of hydrogen-bond donors (Lipinski definition) is 0. The molecule has 1 heterocycles. The first-order valence-electron chi connectivity index (χ1n) is 1.11. The molecule has 0 aliphatic carbocycles. The normalized spacial score (nSPS) is 27.0. The Kier molecular flexibility index (Phi) is 0.543. The molecule has 0 aromatic heterocycles. The van der Waals surface area contributed by atoms with Gasteiger partial charge < -0.3 is 0 Å². The van der Waals surface area contributed by atoms with Crippen molar-refractivity contribution in [3.8, 4) is 0 Å². The molecule has 1 aliphatic heterocycles. The third-order valence-electron chi connectivity index (χ3n) is 0.355. The van der Waals surface area contributed by atoms with Crippen LogP contribution in [-0.4, -0.2) is 12.9 Å². The summed E-state index contributed by atoms with van der Waals surface area (Å²) in [7, 11) is -2.84. The lowest BCUT2D eigenvalue weighted by molar-refractivity contribution is 0.276. The Morgan fingerprint density at radius 2 is 1.67 bits per heavy atom. The van der Waals surface area contributed by atoms with Gasteiger partial charge in [0.15, 0.2) is 0 Å². The van der Waals surface area contributed by atoms with E-state index in [1.165, 1.54) is 0 Å². The monoisotopic (exact) mass is 124 g/mol. The number of carbonyl (C=O) groups is 1. The van der Waals surface area contributed by atoms with E-state index < -0.39 is 13.3 Å². The Morgan fingerprint density at radius 3 is 1.67 bits per heavy atom. The SMILES string of the molecule is O=C1SS1(=O)=O. The quantitative estimate of drug-likeness (QED) is 0.341. The van der Waals surface area contributed by atoms with Gasteiger partial charge in [-0.1, -0.05) is 0 Å². The van der Waals surface area contributed by atoms with Gasteiger partial charge in [0.05, 0.1) is 10.8 Å². The van der Waals surface area contributed by atoms with Gasteiger partial charge in [0.2, 0.25) is 0 Å². The van der Waals surface area contributed by atoms with Crippen molar-refractivity contribution in [2.75, 3.05) is 0 Å². The van der Waals surface area contributed by atoms with E-state index in [9.17, 15) is 13.2 Å². The van der Waals surface area contributed by atoms with Crippen LogP contribution in [-0.2, 0) is 8.87 Å². The molecule has 0 unspecified atom stereocenters. The summed E-state index contributed by atoms with van der Waals surface area (Å²) in [5, 5.41) is 0. The van der Waals surface area contributed by atoms with E-state index in [1.54, 1.807) is 0 Å². The zero-order valence-electron chi connectivity index (χ0n) is 2.54. The van der Waals surface area contributed by atoms with Crippen molar-refractivity contribution in [2.24, 2.45) is 0 Å². The highest BCUT2D eigenvalue weighted by atomic mass is 33.2. The molecule has 0 bridgehead atoms. The van der Waals surface area contributed by atoms with Crippen LogP contribution >= 0.6 is 10.8 Å². The number of hydrogen-bond acceptors (Lipinski definition) is 4. The van der Waals surface area contributed by atoms with E-state index in [-0.39, 0.29) is 0 Å². The number of rotatable bonds is 0. The Morgan fingerprint density at radius 1 is 1.50 bits per heavy atom. The molecule has 1 saturated heterocycles. The average Bonchev–Trinajstić information content (AvgIpc) is 1.73. The van der Waals surface area contributed by atoms with Crippen molar-refractivity contribution in [3.05, 3.63) is 0 Å². The van der Waals surface area contributed by atoms with Crippen LogP contribution in [0.3, 0.4) is 0 Å². The Balaban J connectivity index is 3.24. The van der Waals surface area contributed by atoms with Crippen LogP contribution < -0.4 is 0 Å². The van der Waals surface area contributed by atoms with Crippen LogP contribution in [0.15, 0.2) is 0 Å². The van der Waals surface area contributed by atoms with Crippen LogP contribution in [0.2, 0.25) is 0 Å². The highest BCUT2D eigenvalue weighted by Gasteiger charge is 2.44. The van der Waals surface area contributed by atoms with Crippen molar-refractivity contribution >= 4 is 24.1 Å². The summed E-state index contributed by atoms with van der Waals surface area (Å²) in [5.74, 6) is 0. The number of carbonyl (C=O) groups excluding carboxylic acids is 1. The van der Waals surface area contributed by atoms with Crippen molar-refractivity contribution in [3.63, 3.8) is 0 Å². The van der Waals surface area contributed by atoms with Crippen LogP contribution in [0.25, 0.3) is 0 Å². The van der Waals surface area contributed by atoms with Crippen LogP contribution in [0.1, 0.15) is 0 Å². The summed E-state index contributed by atoms with van der Waals surface area (Å²) < 4.78 is 18.7. The van der Waals surface area contributed by atoms with Gasteiger partial charge in [-0.05, 0) is 0 Å². The molecular formula is CO3S2. The Labute approximate surface area is 38.0 Å². The summed E-state index contributed by atoms with van der Waals surface area (Å²) in [6.45, 7) is 0. The molecule has 5 heteroatoms. The van der Waals surface area contributed by atoms with Gasteiger partial charge in [0.1, 0.15) is 0 Å². The van der Waals surface area contributed by atoms with Crippen LogP contribution in [0.4, 0.5) is 4.79 Å². The summed E-state index contributed by atoms with van der Waals surface area (Å²) in [6.07, 6.45) is 0. The summed E-state index contributed by atoms with van der Waals surface area (Å²) in [6, 6.07) is 0. The van der Waals surface area contributed by atoms with Crippen molar-refractivity contribution in [1.29, 1.82) is 0 Å². The molecule has 0 aromatic rings. The zero-order valence-corrected chi connectivity index (χ0v) is 4.17. The molecule has 3 nitrogen and oxygen atoms in total. The highest BCUT2D eigenvalue weighted by molar-refractivity contribution is 9.04. The largest absolute Gasteiger partial charge is 0.329 e. The maximum absolute atomic E-state index is 9.69. The van der Waals surface area contributed by atoms with E-state index in [2.05, 4.69) is 0 Å². The first-order valence-corrected chi connectivity index (χ1v) is 3.93. The minimum Gasteiger partial charge on any atom is -0.267 e. The van der Waals surface area contributed by atoms with Gasteiger partial charge in [-0.25, -0.2) is 8.42 Å². The third-order valence-corrected chi connectivity index (χ3v) is 2.79. The maximum atomic E-state index is 9.69. The van der Waals surface area contributed by atoms with Crippen molar-refractivity contribution in [1.82, 2.24) is 0 Å². The van der Waals surface area contributed by atoms with Gasteiger partial charge in [-0.3, -0.25) is 4.79 Å². The minimum absolute atomic E-state index is 0.382. The fourth-order valence-corrected chi connectivity index (χ4v) is 1.15. The molecule has 0 saturated carbocycles. The fourth-order valence-electron chi connectivity index (χ4n) is 0.0726. The first kappa shape index (κ1) is 4.14. The second-order valence-electron chi connectivity index (χ2n) is 0.787. The summed E-state index contributed by atoms with van der Waals surface area (Å²) in [4.78, 5) is 9.58. The predicted octanol–water partition coefficient (Wildman–Crippen LogP) is 0.183. The van der Waals surface area contributed by atoms with Crippen molar-refractivity contribution in [2.45, 2.75) is 0 Å². The third kappa shape index (κ3) is 0.435. The summed E-state index contributed by atoms with van der Waals surface area (Å²) in [5.41, 5.74) is 0. The minimum atomic E-state index is -3.22. The van der Waals surface area contributed by atoms with E-state index in [4.69, 9.17) is 0 Å². The molecule has 0 amide bonds. The maximum Gasteiger partial charge on any atom is 0.329 e. The molecule has 1 rings (SSSR count). The Hall–Kier alpha value is -0.0300. The van der Waals surface area contributed by atoms with Gasteiger partial charge in [0.25, 0.3) is 8.87 Å². The van der Waals surface area contributed by atoms with Gasteiger partial charge in [-0.2, -0.15) is 0 Å². The standard InChI is InChI=1S/CO3S2/c2-1-5-6(1,3)4.